The van der Waals surface area contributed by atoms with Gasteiger partial charge in [0.25, 0.3) is 0 Å². The van der Waals surface area contributed by atoms with Crippen molar-refractivity contribution in [2.75, 3.05) is 0 Å². The van der Waals surface area contributed by atoms with Crippen molar-refractivity contribution in [1.82, 2.24) is 0 Å². The first-order chi connectivity index (χ1) is 19.2. The molecule has 2 aliphatic carbocycles. The maximum atomic E-state index is 2.49. The third kappa shape index (κ3) is 4.05. The summed E-state index contributed by atoms with van der Waals surface area (Å²) >= 11 is 0. The van der Waals surface area contributed by atoms with E-state index in [0.29, 0.717) is 11.1 Å². The topological polar surface area (TPSA) is 0 Å². The molecule has 0 aliphatic heterocycles. The van der Waals surface area contributed by atoms with Crippen LogP contribution in [-0.2, 0) is 0 Å². The zero-order chi connectivity index (χ0) is 26.3. The summed E-state index contributed by atoms with van der Waals surface area (Å²) in [6.45, 7) is 4.75. The van der Waals surface area contributed by atoms with Gasteiger partial charge in [0, 0.05) is 11.1 Å². The molecule has 2 aliphatic rings. The van der Waals surface area contributed by atoms with Gasteiger partial charge < -0.3 is 0 Å². The van der Waals surface area contributed by atoms with Crippen LogP contribution in [-0.4, -0.2) is 8.80 Å². The molecular weight excluding hydrogens is 485 g/mol. The predicted octanol–water partition coefficient (Wildman–Crippen LogP) is 8.93. The summed E-state index contributed by atoms with van der Waals surface area (Å²) in [5.41, 5.74) is 15.1. The SMILES string of the molecule is CC1=Cc2c(-c3ccccc3)cccc2C1[SiH](c1ccccc1)C1C(C)=Cc2c(-c3ccccc3)cccc21. The summed E-state index contributed by atoms with van der Waals surface area (Å²) in [5.74, 6) is 0. The van der Waals surface area contributed by atoms with Crippen molar-refractivity contribution in [2.45, 2.75) is 24.9 Å². The molecule has 0 N–H and O–H groups in total. The van der Waals surface area contributed by atoms with Gasteiger partial charge in [-0.2, -0.15) is 0 Å². The Labute approximate surface area is 233 Å². The van der Waals surface area contributed by atoms with E-state index < -0.39 is 8.80 Å². The molecule has 0 bridgehead atoms. The van der Waals surface area contributed by atoms with Crippen LogP contribution in [0, 0.1) is 0 Å². The third-order valence-electron chi connectivity index (χ3n) is 8.75. The molecule has 0 fully saturated rings. The van der Waals surface area contributed by atoms with E-state index in [4.69, 9.17) is 0 Å². The van der Waals surface area contributed by atoms with Crippen molar-refractivity contribution in [2.24, 2.45) is 0 Å². The highest BCUT2D eigenvalue weighted by Crippen LogP contribution is 2.49. The molecule has 5 aromatic carbocycles. The van der Waals surface area contributed by atoms with Crippen LogP contribution in [0.2, 0.25) is 0 Å². The van der Waals surface area contributed by atoms with Crippen molar-refractivity contribution in [3.05, 3.63) is 161 Å². The van der Waals surface area contributed by atoms with E-state index >= 15 is 0 Å². The zero-order valence-corrected chi connectivity index (χ0v) is 23.7. The molecule has 0 spiro atoms. The Hall–Kier alpha value is -4.20. The van der Waals surface area contributed by atoms with E-state index in [1.807, 2.05) is 0 Å². The average molecular weight is 517 g/mol. The van der Waals surface area contributed by atoms with Gasteiger partial charge in [0.05, 0.1) is 8.80 Å². The molecule has 2 atom stereocenters. The number of hydrogen-bond donors (Lipinski definition) is 0. The number of rotatable bonds is 5. The Morgan fingerprint density at radius 3 is 1.28 bits per heavy atom. The van der Waals surface area contributed by atoms with Crippen LogP contribution < -0.4 is 5.19 Å². The van der Waals surface area contributed by atoms with Gasteiger partial charge in [0.2, 0.25) is 0 Å². The molecule has 39 heavy (non-hydrogen) atoms. The molecule has 5 aromatic rings. The van der Waals surface area contributed by atoms with Crippen molar-refractivity contribution in [1.29, 1.82) is 0 Å². The van der Waals surface area contributed by atoms with E-state index in [1.165, 1.54) is 55.7 Å². The van der Waals surface area contributed by atoms with Gasteiger partial charge in [0.15, 0.2) is 0 Å². The second-order valence-corrected chi connectivity index (χ2v) is 14.1. The Morgan fingerprint density at radius 1 is 0.436 bits per heavy atom. The zero-order valence-electron chi connectivity index (χ0n) is 22.5. The fourth-order valence-corrected chi connectivity index (χ4v) is 11.6. The summed E-state index contributed by atoms with van der Waals surface area (Å²) in [4.78, 5) is 0. The molecule has 0 heterocycles. The molecule has 0 saturated carbocycles. The Balaban J connectivity index is 1.40. The fraction of sp³-hybridized carbons (Fsp3) is 0.105. The van der Waals surface area contributed by atoms with Gasteiger partial charge in [-0.15, -0.1) is 0 Å². The van der Waals surface area contributed by atoms with Crippen molar-refractivity contribution >= 4 is 26.1 Å². The highest BCUT2D eigenvalue weighted by atomic mass is 28.3. The van der Waals surface area contributed by atoms with Crippen LogP contribution in [0.4, 0.5) is 0 Å². The molecule has 0 aromatic heterocycles. The minimum absolute atomic E-state index is 0.450. The summed E-state index contributed by atoms with van der Waals surface area (Å²) < 4.78 is 0. The summed E-state index contributed by atoms with van der Waals surface area (Å²) in [7, 11) is -1.65. The largest absolute Gasteiger partial charge is 0.0944 e. The van der Waals surface area contributed by atoms with Gasteiger partial charge >= 0.3 is 0 Å². The number of allylic oxidation sites excluding steroid dienone is 2. The van der Waals surface area contributed by atoms with Gasteiger partial charge in [-0.3, -0.25) is 0 Å². The number of hydrogen-bond acceptors (Lipinski definition) is 0. The van der Waals surface area contributed by atoms with E-state index in [-0.39, 0.29) is 0 Å². The minimum atomic E-state index is -1.65. The average Bonchev–Trinajstić information content (AvgIpc) is 3.50. The van der Waals surface area contributed by atoms with Crippen molar-refractivity contribution in [3.8, 4) is 22.3 Å². The lowest BCUT2D eigenvalue weighted by Gasteiger charge is -2.32. The lowest BCUT2D eigenvalue weighted by molar-refractivity contribution is 1.02. The van der Waals surface area contributed by atoms with Crippen LogP contribution in [0.5, 0.6) is 0 Å². The molecule has 2 unspecified atom stereocenters. The first kappa shape index (κ1) is 23.9. The fourth-order valence-electron chi connectivity index (χ4n) is 7.10. The van der Waals surface area contributed by atoms with Gasteiger partial charge in [-0.1, -0.05) is 156 Å². The van der Waals surface area contributed by atoms with E-state index in [1.54, 1.807) is 5.19 Å². The molecule has 0 nitrogen and oxygen atoms in total. The molecule has 0 amide bonds. The second-order valence-electron chi connectivity index (χ2n) is 11.0. The molecule has 188 valence electrons. The normalized spacial score (nSPS) is 18.2. The Bertz CT molecular complexity index is 1600. The predicted molar refractivity (Wildman–Crippen MR) is 170 cm³/mol. The van der Waals surface area contributed by atoms with Gasteiger partial charge in [0.1, 0.15) is 0 Å². The maximum absolute atomic E-state index is 2.49. The molecule has 0 saturated heterocycles. The molecule has 7 rings (SSSR count). The number of fused-ring (bicyclic) bond motifs is 2. The maximum Gasteiger partial charge on any atom is 0.0944 e. The minimum Gasteiger partial charge on any atom is -0.0678 e. The lowest BCUT2D eigenvalue weighted by atomic mass is 9.97. The van der Waals surface area contributed by atoms with Crippen LogP contribution in [0.25, 0.3) is 34.4 Å². The summed E-state index contributed by atoms with van der Waals surface area (Å²) in [5, 5.41) is 1.55. The molecule has 0 radical (unpaired) electrons. The van der Waals surface area contributed by atoms with Gasteiger partial charge in [-0.05, 0) is 58.4 Å². The van der Waals surface area contributed by atoms with Crippen LogP contribution in [0.1, 0.15) is 47.2 Å². The first-order valence-electron chi connectivity index (χ1n) is 14.0. The molecular formula is C38H32Si. The quantitative estimate of drug-likeness (QED) is 0.205. The number of benzene rings is 5. The van der Waals surface area contributed by atoms with Crippen LogP contribution in [0.3, 0.4) is 0 Å². The summed E-state index contributed by atoms with van der Waals surface area (Å²) in [6.07, 6.45) is 4.97. The second kappa shape index (κ2) is 9.84. The highest BCUT2D eigenvalue weighted by Gasteiger charge is 2.42. The monoisotopic (exact) mass is 516 g/mol. The van der Waals surface area contributed by atoms with E-state index in [9.17, 15) is 0 Å². The standard InChI is InChI=1S/C38H32Si/c1-26-24-35-31(28-14-6-3-7-15-28)20-12-22-33(35)37(26)39(30-18-10-5-11-19-30)38-27(2)25-36-32(21-13-23-34(36)38)29-16-8-4-9-17-29/h3-25,37-39H,1-2H3. The highest BCUT2D eigenvalue weighted by molar-refractivity contribution is 6.77. The van der Waals surface area contributed by atoms with Crippen molar-refractivity contribution in [3.63, 3.8) is 0 Å². The molecule has 1 heteroatoms. The smallest absolute Gasteiger partial charge is 0.0678 e. The third-order valence-corrected chi connectivity index (χ3v) is 13.1. The van der Waals surface area contributed by atoms with Crippen molar-refractivity contribution < 1.29 is 0 Å². The Kier molecular flexibility index (Phi) is 6.02. The van der Waals surface area contributed by atoms with E-state index in [2.05, 4.69) is 153 Å². The van der Waals surface area contributed by atoms with Crippen LogP contribution in [0.15, 0.2) is 139 Å². The first-order valence-corrected chi connectivity index (χ1v) is 15.9. The van der Waals surface area contributed by atoms with E-state index in [0.717, 1.165) is 0 Å². The Morgan fingerprint density at radius 2 is 0.846 bits per heavy atom. The lowest BCUT2D eigenvalue weighted by Crippen LogP contribution is -2.43. The van der Waals surface area contributed by atoms with Crippen LogP contribution >= 0.6 is 0 Å². The summed E-state index contributed by atoms with van der Waals surface area (Å²) in [6, 6.07) is 47.1. The van der Waals surface area contributed by atoms with Gasteiger partial charge in [-0.25, -0.2) is 0 Å².